The largest absolute Gasteiger partial charge is 0.468 e. The third kappa shape index (κ3) is 10.1. The van der Waals surface area contributed by atoms with Gasteiger partial charge in [0.15, 0.2) is 0 Å². The fourth-order valence-corrected chi connectivity index (χ4v) is 6.69. The molecule has 1 aliphatic heterocycles. The Morgan fingerprint density at radius 2 is 1.75 bits per heavy atom. The second kappa shape index (κ2) is 17.2. The lowest BCUT2D eigenvalue weighted by molar-refractivity contribution is -0.138. The van der Waals surface area contributed by atoms with Crippen LogP contribution in [-0.2, 0) is 28.8 Å². The summed E-state index contributed by atoms with van der Waals surface area (Å²) in [5.41, 5.74) is -1.27. The van der Waals surface area contributed by atoms with Gasteiger partial charge in [-0.3, -0.25) is 19.1 Å². The van der Waals surface area contributed by atoms with Crippen molar-refractivity contribution < 1.29 is 45.4 Å². The molecule has 0 saturated carbocycles. The number of halogens is 7. The number of rotatable bonds is 8. The van der Waals surface area contributed by atoms with E-state index in [4.69, 9.17) is 16.3 Å². The molecule has 0 fully saturated rings. The highest BCUT2D eigenvalue weighted by atomic mass is 35.5. The molecule has 6 rings (SSSR count). The Labute approximate surface area is 309 Å². The highest BCUT2D eigenvalue weighted by Crippen LogP contribution is 2.34. The number of anilines is 1. The van der Waals surface area contributed by atoms with Crippen LogP contribution in [0.1, 0.15) is 28.8 Å². The number of thioether (sulfide) groups is 1. The van der Waals surface area contributed by atoms with E-state index >= 15 is 0 Å². The number of alkyl halides is 3. The van der Waals surface area contributed by atoms with Gasteiger partial charge in [-0.15, -0.1) is 11.8 Å². The predicted octanol–water partition coefficient (Wildman–Crippen LogP) is 8.22. The van der Waals surface area contributed by atoms with E-state index in [-0.39, 0.29) is 44.2 Å². The summed E-state index contributed by atoms with van der Waals surface area (Å²) in [5.74, 6) is -4.02. The summed E-state index contributed by atoms with van der Waals surface area (Å²) < 4.78 is 92.7. The number of benzene rings is 3. The minimum Gasteiger partial charge on any atom is -0.468 e. The van der Waals surface area contributed by atoms with Crippen molar-refractivity contribution in [3.05, 3.63) is 121 Å². The third-order valence-corrected chi connectivity index (χ3v) is 9.58. The molecule has 10 nitrogen and oxygen atoms in total. The number of hydrogen-bond donors (Lipinski definition) is 1. The molecule has 19 heteroatoms. The number of nitrogens with zero attached hydrogens (tertiary/aromatic N) is 4. The van der Waals surface area contributed by atoms with Crippen molar-refractivity contribution in [2.75, 3.05) is 18.2 Å². The monoisotopic (exact) mass is 797 g/mol. The van der Waals surface area contributed by atoms with Crippen molar-refractivity contribution in [2.24, 2.45) is 4.99 Å². The molecule has 0 bridgehead atoms. The van der Waals surface area contributed by atoms with Crippen LogP contribution in [0, 0.1) is 17.5 Å². The van der Waals surface area contributed by atoms with Crippen LogP contribution in [0.15, 0.2) is 87.6 Å². The van der Waals surface area contributed by atoms with Gasteiger partial charge in [0.25, 0.3) is 5.91 Å². The van der Waals surface area contributed by atoms with Gasteiger partial charge in [-0.05, 0) is 78.8 Å². The lowest BCUT2D eigenvalue weighted by atomic mass is 10.2. The first-order chi connectivity index (χ1) is 25.2. The fourth-order valence-electron chi connectivity index (χ4n) is 4.70. The second-order valence-corrected chi connectivity index (χ2v) is 13.2. The van der Waals surface area contributed by atoms with E-state index in [2.05, 4.69) is 20.0 Å². The van der Waals surface area contributed by atoms with Gasteiger partial charge >= 0.3 is 17.0 Å². The molecule has 1 aliphatic rings. The van der Waals surface area contributed by atoms with Gasteiger partial charge in [-0.2, -0.15) is 13.2 Å². The molecule has 1 amide bonds. The van der Waals surface area contributed by atoms with Crippen molar-refractivity contribution in [1.29, 1.82) is 0 Å². The molecule has 278 valence electrons. The highest BCUT2D eigenvalue weighted by molar-refractivity contribution is 8.00. The normalized spacial score (nSPS) is 12.7. The van der Waals surface area contributed by atoms with E-state index in [0.717, 1.165) is 72.3 Å². The Hall–Kier alpha value is -5.07. The number of amides is 1. The lowest BCUT2D eigenvalue weighted by Crippen LogP contribution is -2.31. The standard InChI is InChI=1S/C19H11F5N2O2.C15H15ClFN3O3S2/c20-12-6-7-16(15(21)10-12)26-17(27)14-5-2-8-25-18(14)28-13-4-1-3-11(9-13)19(22,23)24;1-23-13(21)8-24-12-7-11(10(17)6-9(12)16)18-14-19-4-2-3-5-20(19)15(22)25-14/h1-10H,(H,26,27);6-7H,2-5,8H2,1H3. The van der Waals surface area contributed by atoms with Gasteiger partial charge in [0, 0.05) is 30.2 Å². The minimum absolute atomic E-state index is 0.0605. The lowest BCUT2D eigenvalue weighted by Gasteiger charge is -2.15. The summed E-state index contributed by atoms with van der Waals surface area (Å²) >= 11 is 8.17. The molecule has 53 heavy (non-hydrogen) atoms. The van der Waals surface area contributed by atoms with Crippen LogP contribution >= 0.6 is 34.7 Å². The van der Waals surface area contributed by atoms with Gasteiger partial charge in [-0.1, -0.05) is 17.7 Å². The number of aromatic nitrogens is 3. The zero-order chi connectivity index (χ0) is 38.3. The molecule has 0 unspecified atom stereocenters. The number of carbonyl (C=O) groups excluding carboxylic acids is 2. The Morgan fingerprint density at radius 1 is 1.00 bits per heavy atom. The summed E-state index contributed by atoms with van der Waals surface area (Å²) in [4.78, 5) is 44.8. The van der Waals surface area contributed by atoms with E-state index in [9.17, 15) is 40.7 Å². The zero-order valence-electron chi connectivity index (χ0n) is 27.3. The minimum atomic E-state index is -4.57. The first kappa shape index (κ1) is 39.1. The fraction of sp³-hybridized carbons (Fsp3) is 0.206. The Bertz CT molecular complexity index is 2280. The average Bonchev–Trinajstić information content (AvgIpc) is 3.44. The quantitative estimate of drug-likeness (QED) is 0.0956. The van der Waals surface area contributed by atoms with Crippen LogP contribution in [-0.4, -0.2) is 39.1 Å². The summed E-state index contributed by atoms with van der Waals surface area (Å²) in [6, 6.07) is 12.0. The number of ether oxygens (including phenoxy) is 2. The number of esters is 1. The maximum Gasteiger partial charge on any atom is 0.416 e. The van der Waals surface area contributed by atoms with E-state index in [1.54, 1.807) is 9.36 Å². The molecular weight excluding hydrogens is 772 g/mol. The summed E-state index contributed by atoms with van der Waals surface area (Å²) in [7, 11) is 1.30. The number of hydrogen-bond acceptors (Lipinski definition) is 9. The summed E-state index contributed by atoms with van der Waals surface area (Å²) in [5, 5.41) is 2.43. The molecule has 3 heterocycles. The first-order valence-corrected chi connectivity index (χ1v) is 17.5. The molecule has 0 spiro atoms. The molecule has 2 aromatic heterocycles. The summed E-state index contributed by atoms with van der Waals surface area (Å²) in [6.45, 7) is 1.32. The molecule has 0 atom stereocenters. The predicted molar refractivity (Wildman–Crippen MR) is 185 cm³/mol. The van der Waals surface area contributed by atoms with E-state index in [1.165, 1.54) is 37.6 Å². The number of methoxy groups -OCH3 is 1. The van der Waals surface area contributed by atoms with Gasteiger partial charge in [0.2, 0.25) is 10.7 Å². The Kier molecular flexibility index (Phi) is 12.7. The van der Waals surface area contributed by atoms with Crippen LogP contribution < -0.4 is 19.7 Å². The Balaban J connectivity index is 0.000000206. The smallest absolute Gasteiger partial charge is 0.416 e. The highest BCUT2D eigenvalue weighted by Gasteiger charge is 2.31. The van der Waals surface area contributed by atoms with Crippen molar-refractivity contribution in [3.8, 4) is 11.6 Å². The number of pyridine rings is 1. The number of nitrogens with one attached hydrogen (secondary N) is 1. The number of carbonyl (C=O) groups is 2. The second-order valence-electron chi connectivity index (χ2n) is 10.9. The SMILES string of the molecule is COC(=O)CSc1cc(N=c2sc(=O)n3n2CCCC3)c(F)cc1Cl.O=C(Nc1ccc(F)cc1F)c1cccnc1Oc1cccc(C(F)(F)F)c1. The van der Waals surface area contributed by atoms with Crippen LogP contribution in [0.5, 0.6) is 11.6 Å². The molecule has 1 N–H and O–H groups in total. The topological polar surface area (TPSA) is 117 Å². The van der Waals surface area contributed by atoms with Gasteiger partial charge < -0.3 is 14.8 Å². The maximum atomic E-state index is 14.3. The van der Waals surface area contributed by atoms with Crippen molar-refractivity contribution >= 4 is 58.0 Å². The molecular formula is C34H26ClF6N5O5S2. The van der Waals surface area contributed by atoms with Crippen molar-refractivity contribution in [2.45, 2.75) is 37.0 Å². The van der Waals surface area contributed by atoms with Gasteiger partial charge in [0.05, 0.1) is 29.1 Å². The molecule has 0 aliphatic carbocycles. The van der Waals surface area contributed by atoms with Crippen LogP contribution in [0.3, 0.4) is 0 Å². The summed E-state index contributed by atoms with van der Waals surface area (Å²) in [6.07, 6.45) is -1.39. The molecule has 0 radical (unpaired) electrons. The average molecular weight is 798 g/mol. The maximum absolute atomic E-state index is 14.3. The van der Waals surface area contributed by atoms with E-state index < -0.39 is 41.1 Å². The van der Waals surface area contributed by atoms with Crippen molar-refractivity contribution in [1.82, 2.24) is 14.3 Å². The number of fused-ring (bicyclic) bond motifs is 1. The van der Waals surface area contributed by atoms with Crippen LogP contribution in [0.25, 0.3) is 0 Å². The van der Waals surface area contributed by atoms with E-state index in [1.807, 2.05) is 0 Å². The molecule has 0 saturated heterocycles. The van der Waals surface area contributed by atoms with Gasteiger partial charge in [0.1, 0.15) is 34.5 Å². The van der Waals surface area contributed by atoms with Crippen LogP contribution in [0.4, 0.5) is 37.7 Å². The molecule has 5 aromatic rings. The third-order valence-electron chi connectivity index (χ3n) is 7.25. The van der Waals surface area contributed by atoms with E-state index in [0.29, 0.717) is 28.9 Å². The zero-order valence-corrected chi connectivity index (χ0v) is 29.6. The van der Waals surface area contributed by atoms with Crippen LogP contribution in [0.2, 0.25) is 5.02 Å². The molecule has 3 aromatic carbocycles. The van der Waals surface area contributed by atoms with Crippen molar-refractivity contribution in [3.63, 3.8) is 0 Å². The first-order valence-electron chi connectivity index (χ1n) is 15.3. The van der Waals surface area contributed by atoms with Gasteiger partial charge in [-0.25, -0.2) is 27.8 Å². The Morgan fingerprint density at radius 3 is 2.47 bits per heavy atom.